The Morgan fingerprint density at radius 1 is 1.41 bits per heavy atom. The molecule has 1 saturated carbocycles. The van der Waals surface area contributed by atoms with Crippen LogP contribution in [0, 0.1) is 23.7 Å². The smallest absolute Gasteiger partial charge is 0.220 e. The van der Waals surface area contributed by atoms with E-state index in [2.05, 4.69) is 29.3 Å². The number of ether oxygens (including phenoxy) is 1. The number of fused-ring (bicyclic) bond motifs is 3. The standard InChI is InChI=1S/C27H37NO4/c1-4-6-9-18(3)22(29)15-14-20-23(30)17-24-26(20)21-12-7-10-19(27(21)32-24)11-8-13-25(31)28-16-5-2/h7,10,12,14-15,18,20,22-24,26,29-30H,5,8-9,11,13,16-17H2,1-3H3,(H,28,31)/b15-14+/t18-,20-,22+,23+,24-,26-/m0/s1. The fourth-order valence-electron chi connectivity index (χ4n) is 4.77. The van der Waals surface area contributed by atoms with E-state index in [-0.39, 0.29) is 29.8 Å². The summed E-state index contributed by atoms with van der Waals surface area (Å²) >= 11 is 0. The first-order valence-corrected chi connectivity index (χ1v) is 11.9. The van der Waals surface area contributed by atoms with Crippen LogP contribution in [0.2, 0.25) is 0 Å². The van der Waals surface area contributed by atoms with Gasteiger partial charge in [0.05, 0.1) is 12.2 Å². The normalized spacial score (nSPS) is 25.4. The third-order valence-electron chi connectivity index (χ3n) is 6.63. The molecular weight excluding hydrogens is 402 g/mol. The van der Waals surface area contributed by atoms with Gasteiger partial charge in [-0.15, -0.1) is 11.8 Å². The fourth-order valence-corrected chi connectivity index (χ4v) is 4.77. The zero-order valence-electron chi connectivity index (χ0n) is 19.5. The van der Waals surface area contributed by atoms with E-state index in [0.29, 0.717) is 19.3 Å². The van der Waals surface area contributed by atoms with E-state index in [4.69, 9.17) is 4.74 Å². The van der Waals surface area contributed by atoms with Crippen molar-refractivity contribution in [1.29, 1.82) is 0 Å². The average molecular weight is 440 g/mol. The van der Waals surface area contributed by atoms with Gasteiger partial charge in [0.2, 0.25) is 5.91 Å². The summed E-state index contributed by atoms with van der Waals surface area (Å²) < 4.78 is 6.32. The van der Waals surface area contributed by atoms with Crippen molar-refractivity contribution in [3.8, 4) is 17.6 Å². The van der Waals surface area contributed by atoms with E-state index in [1.165, 1.54) is 0 Å². The molecule has 0 spiro atoms. The largest absolute Gasteiger partial charge is 0.489 e. The molecule has 1 fully saturated rings. The van der Waals surface area contributed by atoms with Gasteiger partial charge in [-0.1, -0.05) is 44.2 Å². The third-order valence-corrected chi connectivity index (χ3v) is 6.63. The summed E-state index contributed by atoms with van der Waals surface area (Å²) in [5.41, 5.74) is 2.26. The van der Waals surface area contributed by atoms with E-state index in [1.807, 2.05) is 32.1 Å². The molecule has 0 aromatic heterocycles. The first-order valence-electron chi connectivity index (χ1n) is 11.9. The number of carbonyl (C=O) groups is 1. The first kappa shape index (κ1) is 24.4. The maximum atomic E-state index is 11.9. The predicted octanol–water partition coefficient (Wildman–Crippen LogP) is 3.73. The first-order chi connectivity index (χ1) is 15.5. The summed E-state index contributed by atoms with van der Waals surface area (Å²) in [6, 6.07) is 6.21. The molecular formula is C27H37NO4. The van der Waals surface area contributed by atoms with Crippen LogP contribution in [0.4, 0.5) is 0 Å². The van der Waals surface area contributed by atoms with Crippen LogP contribution in [0.5, 0.6) is 5.75 Å². The maximum absolute atomic E-state index is 11.9. The van der Waals surface area contributed by atoms with Gasteiger partial charge in [-0.3, -0.25) is 4.79 Å². The van der Waals surface area contributed by atoms with Crippen molar-refractivity contribution >= 4 is 5.91 Å². The number of carbonyl (C=O) groups excluding carboxylic acids is 1. The lowest BCUT2D eigenvalue weighted by Gasteiger charge is -2.19. The van der Waals surface area contributed by atoms with Crippen molar-refractivity contribution in [2.24, 2.45) is 11.8 Å². The van der Waals surface area contributed by atoms with Gasteiger partial charge < -0.3 is 20.3 Å². The van der Waals surface area contributed by atoms with Crippen LogP contribution in [0.15, 0.2) is 30.4 Å². The van der Waals surface area contributed by atoms with Gasteiger partial charge >= 0.3 is 0 Å². The zero-order chi connectivity index (χ0) is 23.1. The number of amides is 1. The van der Waals surface area contributed by atoms with Crippen molar-refractivity contribution < 1.29 is 19.7 Å². The summed E-state index contributed by atoms with van der Waals surface area (Å²) in [5, 5.41) is 24.1. The lowest BCUT2D eigenvalue weighted by Crippen LogP contribution is -2.23. The van der Waals surface area contributed by atoms with E-state index in [0.717, 1.165) is 42.7 Å². The summed E-state index contributed by atoms with van der Waals surface area (Å²) in [6.45, 7) is 6.55. The molecule has 32 heavy (non-hydrogen) atoms. The minimum absolute atomic E-state index is 0.0429. The van der Waals surface area contributed by atoms with Crippen LogP contribution < -0.4 is 10.1 Å². The molecule has 2 aliphatic rings. The lowest BCUT2D eigenvalue weighted by atomic mass is 9.86. The molecule has 1 aromatic carbocycles. The molecule has 1 aliphatic heterocycles. The Morgan fingerprint density at radius 2 is 2.22 bits per heavy atom. The predicted molar refractivity (Wildman–Crippen MR) is 126 cm³/mol. The number of aliphatic hydroxyl groups is 2. The summed E-state index contributed by atoms with van der Waals surface area (Å²) in [6.07, 6.45) is 6.91. The quantitative estimate of drug-likeness (QED) is 0.383. The highest BCUT2D eigenvalue weighted by Crippen LogP contribution is 2.52. The Kier molecular flexibility index (Phi) is 8.78. The molecule has 3 N–H and O–H groups in total. The van der Waals surface area contributed by atoms with Crippen LogP contribution in [0.3, 0.4) is 0 Å². The van der Waals surface area contributed by atoms with Crippen LogP contribution >= 0.6 is 0 Å². The topological polar surface area (TPSA) is 78.8 Å². The fraction of sp³-hybridized carbons (Fsp3) is 0.593. The molecule has 5 heteroatoms. The molecule has 0 saturated heterocycles. The highest BCUT2D eigenvalue weighted by atomic mass is 16.5. The molecule has 6 atom stereocenters. The SMILES string of the molecule is CC#CC[C@H](C)[C@H](O)/C=C/[C@@H]1[C@H]2c3cccc(CCCC(=O)NCCC)c3O[C@H]2C[C@H]1O. The van der Waals surface area contributed by atoms with Crippen LogP contribution in [-0.2, 0) is 11.2 Å². The summed E-state index contributed by atoms with van der Waals surface area (Å²) in [7, 11) is 0. The van der Waals surface area contributed by atoms with Gasteiger partial charge in [0, 0.05) is 43.2 Å². The van der Waals surface area contributed by atoms with E-state index in [9.17, 15) is 15.0 Å². The minimum atomic E-state index is -0.589. The van der Waals surface area contributed by atoms with Gasteiger partial charge in [0.1, 0.15) is 11.9 Å². The van der Waals surface area contributed by atoms with Crippen LogP contribution in [0.1, 0.15) is 69.9 Å². The van der Waals surface area contributed by atoms with Crippen molar-refractivity contribution in [3.63, 3.8) is 0 Å². The third kappa shape index (κ3) is 5.74. The van der Waals surface area contributed by atoms with Gasteiger partial charge in [-0.2, -0.15) is 0 Å². The molecule has 0 radical (unpaired) electrons. The van der Waals surface area contributed by atoms with Gasteiger partial charge in [-0.25, -0.2) is 0 Å². The Hall–Kier alpha value is -2.29. The molecule has 1 amide bonds. The van der Waals surface area contributed by atoms with Crippen LogP contribution in [-0.4, -0.2) is 41.0 Å². The number of hydrogen-bond donors (Lipinski definition) is 3. The lowest BCUT2D eigenvalue weighted by molar-refractivity contribution is -0.121. The van der Waals surface area contributed by atoms with Crippen molar-refractivity contribution in [1.82, 2.24) is 5.32 Å². The Labute approximate surface area is 192 Å². The number of para-hydroxylation sites is 1. The van der Waals surface area contributed by atoms with E-state index in [1.54, 1.807) is 6.92 Å². The highest BCUT2D eigenvalue weighted by Gasteiger charge is 2.48. The molecule has 1 aromatic rings. The molecule has 3 rings (SSSR count). The number of hydrogen-bond acceptors (Lipinski definition) is 4. The second-order valence-corrected chi connectivity index (χ2v) is 9.09. The van der Waals surface area contributed by atoms with Crippen LogP contribution in [0.25, 0.3) is 0 Å². The van der Waals surface area contributed by atoms with Gasteiger partial charge in [-0.05, 0) is 37.7 Å². The average Bonchev–Trinajstić information content (AvgIpc) is 3.29. The Morgan fingerprint density at radius 3 is 2.97 bits per heavy atom. The molecule has 0 unspecified atom stereocenters. The second kappa shape index (κ2) is 11.5. The Bertz CT molecular complexity index is 868. The number of nitrogens with one attached hydrogen (secondary N) is 1. The van der Waals surface area contributed by atoms with Gasteiger partial charge in [0.15, 0.2) is 0 Å². The van der Waals surface area contributed by atoms with E-state index >= 15 is 0 Å². The highest BCUT2D eigenvalue weighted by molar-refractivity contribution is 5.75. The summed E-state index contributed by atoms with van der Waals surface area (Å²) in [4.78, 5) is 11.9. The zero-order valence-corrected chi connectivity index (χ0v) is 19.5. The molecule has 5 nitrogen and oxygen atoms in total. The molecule has 1 heterocycles. The number of aliphatic hydroxyl groups excluding tert-OH is 2. The second-order valence-electron chi connectivity index (χ2n) is 9.09. The Balaban J connectivity index is 1.67. The number of aryl methyl sites for hydroxylation is 1. The molecule has 0 bridgehead atoms. The minimum Gasteiger partial charge on any atom is -0.489 e. The van der Waals surface area contributed by atoms with Gasteiger partial charge in [0.25, 0.3) is 0 Å². The molecule has 174 valence electrons. The summed E-state index contributed by atoms with van der Waals surface area (Å²) in [5.74, 6) is 6.95. The number of rotatable bonds is 10. The molecule has 1 aliphatic carbocycles. The number of benzene rings is 1. The monoisotopic (exact) mass is 439 g/mol. The van der Waals surface area contributed by atoms with E-state index < -0.39 is 12.2 Å². The maximum Gasteiger partial charge on any atom is 0.220 e. The van der Waals surface area contributed by atoms with Crippen molar-refractivity contribution in [2.45, 2.75) is 83.5 Å². The van der Waals surface area contributed by atoms with Crippen molar-refractivity contribution in [3.05, 3.63) is 41.5 Å². The van der Waals surface area contributed by atoms with Crippen molar-refractivity contribution in [2.75, 3.05) is 6.54 Å².